The number of hydrogen-bond acceptors (Lipinski definition) is 3. The number of H-pyrrole nitrogens is 1. The van der Waals surface area contributed by atoms with Crippen molar-refractivity contribution in [1.29, 1.82) is 0 Å². The summed E-state index contributed by atoms with van der Waals surface area (Å²) in [6.45, 7) is 2.46. The molecule has 0 spiro atoms. The van der Waals surface area contributed by atoms with Gasteiger partial charge in [0, 0.05) is 29.4 Å². The number of nitrogens with one attached hydrogen (secondary N) is 2. The van der Waals surface area contributed by atoms with Crippen molar-refractivity contribution < 1.29 is 9.59 Å². The number of rotatable bonds is 3. The fourth-order valence-electron chi connectivity index (χ4n) is 2.56. The van der Waals surface area contributed by atoms with Crippen molar-refractivity contribution in [2.24, 2.45) is 0 Å². The quantitative estimate of drug-likeness (QED) is 0.909. The van der Waals surface area contributed by atoms with Crippen LogP contribution in [0.5, 0.6) is 0 Å². The molecular weight excluding hydrogens is 286 g/mol. The first-order valence-corrected chi connectivity index (χ1v) is 8.10. The largest absolute Gasteiger partial charge is 0.360 e. The summed E-state index contributed by atoms with van der Waals surface area (Å²) < 4.78 is 0. The predicted octanol–water partition coefficient (Wildman–Crippen LogP) is 1.82. The molecule has 1 aromatic heterocycles. The summed E-state index contributed by atoms with van der Waals surface area (Å²) in [4.78, 5) is 29.6. The van der Waals surface area contributed by atoms with E-state index >= 15 is 0 Å². The number of likely N-dealkylation sites (N-methyl/N-ethyl adjacent to an activating group) is 1. The Labute approximate surface area is 127 Å². The van der Waals surface area contributed by atoms with Gasteiger partial charge in [-0.25, -0.2) is 0 Å². The van der Waals surface area contributed by atoms with Crippen LogP contribution in [0.1, 0.15) is 17.3 Å². The zero-order valence-corrected chi connectivity index (χ0v) is 12.6. The maximum absolute atomic E-state index is 12.8. The van der Waals surface area contributed by atoms with Crippen LogP contribution in [0.3, 0.4) is 0 Å². The zero-order chi connectivity index (χ0) is 14.8. The Morgan fingerprint density at radius 3 is 3.05 bits per heavy atom. The first kappa shape index (κ1) is 14.0. The van der Waals surface area contributed by atoms with E-state index in [1.165, 1.54) is 0 Å². The number of carbonyl (C=O) groups is 2. The molecule has 1 atom stereocenters. The van der Waals surface area contributed by atoms with Gasteiger partial charge in [-0.2, -0.15) is 0 Å². The van der Waals surface area contributed by atoms with Crippen molar-refractivity contribution in [2.45, 2.75) is 13.0 Å². The molecule has 0 saturated carbocycles. The van der Waals surface area contributed by atoms with E-state index in [0.29, 0.717) is 23.7 Å². The van der Waals surface area contributed by atoms with Crippen molar-refractivity contribution in [3.8, 4) is 0 Å². The molecule has 0 aliphatic carbocycles. The molecule has 5 nitrogen and oxygen atoms in total. The molecule has 1 aliphatic rings. The molecular formula is C15H17N3O2S. The van der Waals surface area contributed by atoms with E-state index < -0.39 is 0 Å². The maximum Gasteiger partial charge on any atom is 0.257 e. The van der Waals surface area contributed by atoms with Crippen LogP contribution in [-0.2, 0) is 4.79 Å². The molecule has 110 valence electrons. The number of aromatic nitrogens is 1. The van der Waals surface area contributed by atoms with E-state index in [1.54, 1.807) is 22.9 Å². The number of carbonyl (C=O) groups excluding carboxylic acids is 2. The van der Waals surface area contributed by atoms with Crippen LogP contribution in [0.4, 0.5) is 0 Å². The lowest BCUT2D eigenvalue weighted by Crippen LogP contribution is -2.47. The van der Waals surface area contributed by atoms with Crippen molar-refractivity contribution in [3.05, 3.63) is 36.0 Å². The third kappa shape index (κ3) is 2.51. The van der Waals surface area contributed by atoms with E-state index in [0.717, 1.165) is 10.9 Å². The van der Waals surface area contributed by atoms with Crippen LogP contribution in [0, 0.1) is 0 Å². The second-order valence-corrected chi connectivity index (χ2v) is 5.93. The molecule has 0 unspecified atom stereocenters. The van der Waals surface area contributed by atoms with Crippen molar-refractivity contribution in [1.82, 2.24) is 15.2 Å². The SMILES string of the molecule is CCNC(=O)[C@H]1CSCN1C(=O)c1c[nH]c2ccccc12. The van der Waals surface area contributed by atoms with E-state index in [2.05, 4.69) is 10.3 Å². The minimum Gasteiger partial charge on any atom is -0.360 e. The van der Waals surface area contributed by atoms with Crippen LogP contribution < -0.4 is 5.32 Å². The zero-order valence-electron chi connectivity index (χ0n) is 11.8. The van der Waals surface area contributed by atoms with Crippen LogP contribution in [-0.4, -0.2) is 45.9 Å². The molecule has 21 heavy (non-hydrogen) atoms. The lowest BCUT2D eigenvalue weighted by atomic mass is 10.1. The van der Waals surface area contributed by atoms with Crippen molar-refractivity contribution in [3.63, 3.8) is 0 Å². The molecule has 0 radical (unpaired) electrons. The second-order valence-electron chi connectivity index (χ2n) is 4.93. The Kier molecular flexibility index (Phi) is 3.88. The average Bonchev–Trinajstić information content (AvgIpc) is 3.14. The number of amides is 2. The summed E-state index contributed by atoms with van der Waals surface area (Å²) in [5, 5.41) is 3.70. The molecule has 1 saturated heterocycles. The van der Waals surface area contributed by atoms with Gasteiger partial charge < -0.3 is 15.2 Å². The number of para-hydroxylation sites is 1. The Hall–Kier alpha value is -1.95. The second kappa shape index (κ2) is 5.81. The maximum atomic E-state index is 12.8. The monoisotopic (exact) mass is 303 g/mol. The van der Waals surface area contributed by atoms with Crippen LogP contribution >= 0.6 is 11.8 Å². The van der Waals surface area contributed by atoms with Gasteiger partial charge in [-0.3, -0.25) is 9.59 Å². The molecule has 1 aliphatic heterocycles. The molecule has 1 fully saturated rings. The first-order chi connectivity index (χ1) is 10.2. The molecule has 6 heteroatoms. The van der Waals surface area contributed by atoms with E-state index in [4.69, 9.17) is 0 Å². The number of thioether (sulfide) groups is 1. The summed E-state index contributed by atoms with van der Waals surface area (Å²) in [5.74, 6) is 1.05. The fraction of sp³-hybridized carbons (Fsp3) is 0.333. The summed E-state index contributed by atoms with van der Waals surface area (Å²) in [5.41, 5.74) is 1.56. The smallest absolute Gasteiger partial charge is 0.257 e. The number of nitrogens with zero attached hydrogens (tertiary/aromatic N) is 1. The molecule has 2 amide bonds. The third-order valence-electron chi connectivity index (χ3n) is 3.62. The number of fused-ring (bicyclic) bond motifs is 1. The molecule has 2 aromatic rings. The summed E-state index contributed by atoms with van der Waals surface area (Å²) in [7, 11) is 0. The van der Waals surface area contributed by atoms with Gasteiger partial charge in [0.1, 0.15) is 6.04 Å². The van der Waals surface area contributed by atoms with Crippen molar-refractivity contribution >= 4 is 34.5 Å². The van der Waals surface area contributed by atoms with Crippen LogP contribution in [0.15, 0.2) is 30.5 Å². The molecule has 0 bridgehead atoms. The van der Waals surface area contributed by atoms with Crippen molar-refractivity contribution in [2.75, 3.05) is 18.2 Å². The van der Waals surface area contributed by atoms with E-state index in [-0.39, 0.29) is 17.9 Å². The topological polar surface area (TPSA) is 65.2 Å². The van der Waals surface area contributed by atoms with Gasteiger partial charge in [-0.05, 0) is 13.0 Å². The summed E-state index contributed by atoms with van der Waals surface area (Å²) in [6, 6.07) is 7.31. The highest BCUT2D eigenvalue weighted by atomic mass is 32.2. The number of benzene rings is 1. The highest BCUT2D eigenvalue weighted by Gasteiger charge is 2.35. The lowest BCUT2D eigenvalue weighted by Gasteiger charge is -2.22. The first-order valence-electron chi connectivity index (χ1n) is 6.95. The third-order valence-corrected chi connectivity index (χ3v) is 4.63. The fourth-order valence-corrected chi connectivity index (χ4v) is 3.71. The Balaban J connectivity index is 1.89. The Morgan fingerprint density at radius 1 is 1.43 bits per heavy atom. The van der Waals surface area contributed by atoms with E-state index in [9.17, 15) is 9.59 Å². The Bertz CT molecular complexity index is 682. The average molecular weight is 303 g/mol. The van der Waals surface area contributed by atoms with Gasteiger partial charge >= 0.3 is 0 Å². The normalized spacial score (nSPS) is 18.1. The van der Waals surface area contributed by atoms with Gasteiger partial charge in [0.15, 0.2) is 0 Å². The summed E-state index contributed by atoms with van der Waals surface area (Å²) >= 11 is 1.61. The molecule has 2 heterocycles. The minimum atomic E-state index is -0.379. The lowest BCUT2D eigenvalue weighted by molar-refractivity contribution is -0.124. The highest BCUT2D eigenvalue weighted by Crippen LogP contribution is 2.26. The Morgan fingerprint density at radius 2 is 2.24 bits per heavy atom. The molecule has 1 aromatic carbocycles. The van der Waals surface area contributed by atoms with Gasteiger partial charge in [0.25, 0.3) is 5.91 Å². The van der Waals surface area contributed by atoms with Crippen LogP contribution in [0.2, 0.25) is 0 Å². The van der Waals surface area contributed by atoms with Gasteiger partial charge in [0.05, 0.1) is 11.4 Å². The molecule has 3 rings (SSSR count). The highest BCUT2D eigenvalue weighted by molar-refractivity contribution is 7.99. The summed E-state index contributed by atoms with van der Waals surface area (Å²) in [6.07, 6.45) is 1.73. The van der Waals surface area contributed by atoms with E-state index in [1.807, 2.05) is 31.2 Å². The molecule has 2 N–H and O–H groups in total. The van der Waals surface area contributed by atoms with Gasteiger partial charge in [-0.1, -0.05) is 18.2 Å². The van der Waals surface area contributed by atoms with Crippen LogP contribution in [0.25, 0.3) is 10.9 Å². The van der Waals surface area contributed by atoms with Gasteiger partial charge in [0.2, 0.25) is 5.91 Å². The predicted molar refractivity (Wildman–Crippen MR) is 84.3 cm³/mol. The minimum absolute atomic E-state index is 0.0734. The number of hydrogen-bond donors (Lipinski definition) is 2. The number of aromatic amines is 1. The van der Waals surface area contributed by atoms with Gasteiger partial charge in [-0.15, -0.1) is 11.8 Å². The standard InChI is InChI=1S/C15H17N3O2S/c1-2-16-14(19)13-8-21-9-18(13)15(20)11-7-17-12-6-4-3-5-10(11)12/h3-7,13,17H,2,8-9H2,1H3,(H,16,19)/t13-/m1/s1.